The van der Waals surface area contributed by atoms with Gasteiger partial charge in [-0.25, -0.2) is 9.31 Å². The van der Waals surface area contributed by atoms with Crippen LogP contribution in [0.25, 0.3) is 27.8 Å². The standard InChI is InChI=1S/C26H28N4O2/c1-3-32-26(31)19-9-10-22-16(2)24(28-30(22)15-19)23-11-18-5-4-6-21(20-12-27-13-20)25(18)29(23)14-17-7-8-17/h4-6,9-11,15,17,20,27H,3,7-8,12-14H2,1-2H3. The van der Waals surface area contributed by atoms with Crippen LogP contribution in [0.2, 0.25) is 0 Å². The van der Waals surface area contributed by atoms with Gasteiger partial charge in [0.25, 0.3) is 0 Å². The zero-order valence-corrected chi connectivity index (χ0v) is 18.6. The minimum atomic E-state index is -0.314. The van der Waals surface area contributed by atoms with Crippen LogP contribution in [0.1, 0.15) is 47.2 Å². The van der Waals surface area contributed by atoms with Crippen LogP contribution in [0.3, 0.4) is 0 Å². The van der Waals surface area contributed by atoms with Gasteiger partial charge in [0.15, 0.2) is 0 Å². The Balaban J connectivity index is 1.52. The Morgan fingerprint density at radius 2 is 2.06 bits per heavy atom. The summed E-state index contributed by atoms with van der Waals surface area (Å²) in [4.78, 5) is 12.2. The van der Waals surface area contributed by atoms with Gasteiger partial charge in [0.1, 0.15) is 5.69 Å². The van der Waals surface area contributed by atoms with E-state index >= 15 is 0 Å². The first-order valence-corrected chi connectivity index (χ1v) is 11.6. The molecule has 0 spiro atoms. The van der Waals surface area contributed by atoms with E-state index in [9.17, 15) is 4.79 Å². The van der Waals surface area contributed by atoms with Crippen molar-refractivity contribution in [1.29, 1.82) is 0 Å². The molecule has 0 amide bonds. The fourth-order valence-electron chi connectivity index (χ4n) is 4.89. The van der Waals surface area contributed by atoms with Crippen LogP contribution in [0.4, 0.5) is 0 Å². The summed E-state index contributed by atoms with van der Waals surface area (Å²) in [7, 11) is 0. The SMILES string of the molecule is CCOC(=O)c1ccc2c(C)c(-c3cc4cccc(C5CNC5)c4n3CC3CC3)nn2c1. The van der Waals surface area contributed by atoms with Crippen molar-refractivity contribution in [3.63, 3.8) is 0 Å². The lowest BCUT2D eigenvalue weighted by Gasteiger charge is -2.28. The molecule has 0 radical (unpaired) electrons. The van der Waals surface area contributed by atoms with Crippen LogP contribution >= 0.6 is 0 Å². The highest BCUT2D eigenvalue weighted by molar-refractivity contribution is 5.92. The Hall–Kier alpha value is -3.12. The number of aryl methyl sites for hydroxylation is 1. The molecule has 0 atom stereocenters. The Labute approximate surface area is 187 Å². The molecular formula is C26H28N4O2. The van der Waals surface area contributed by atoms with Gasteiger partial charge in [0, 0.05) is 42.7 Å². The number of benzene rings is 1. The van der Waals surface area contributed by atoms with Gasteiger partial charge in [-0.05, 0) is 56.4 Å². The van der Waals surface area contributed by atoms with E-state index < -0.39 is 0 Å². The lowest BCUT2D eigenvalue weighted by atomic mass is 9.92. The molecule has 164 valence electrons. The van der Waals surface area contributed by atoms with Crippen LogP contribution in [0.15, 0.2) is 42.6 Å². The number of nitrogens with zero attached hydrogens (tertiary/aromatic N) is 3. The number of ether oxygens (including phenoxy) is 1. The number of carbonyl (C=O) groups excluding carboxylic acids is 1. The van der Waals surface area contributed by atoms with Crippen molar-refractivity contribution in [2.24, 2.45) is 5.92 Å². The molecule has 0 unspecified atom stereocenters. The van der Waals surface area contributed by atoms with E-state index in [1.165, 1.54) is 35.0 Å². The molecule has 2 fully saturated rings. The fraction of sp³-hybridized carbons (Fsp3) is 0.385. The molecule has 3 aromatic heterocycles. The highest BCUT2D eigenvalue weighted by Crippen LogP contribution is 2.39. The molecule has 1 aliphatic heterocycles. The highest BCUT2D eigenvalue weighted by atomic mass is 16.5. The summed E-state index contributed by atoms with van der Waals surface area (Å²) in [6.07, 6.45) is 4.39. The molecule has 1 saturated carbocycles. The van der Waals surface area contributed by atoms with Crippen LogP contribution in [-0.2, 0) is 11.3 Å². The summed E-state index contributed by atoms with van der Waals surface area (Å²) in [5.41, 5.74) is 7.63. The monoisotopic (exact) mass is 428 g/mol. The van der Waals surface area contributed by atoms with Crippen molar-refractivity contribution in [3.05, 3.63) is 59.3 Å². The predicted molar refractivity (Wildman–Crippen MR) is 125 cm³/mol. The summed E-state index contributed by atoms with van der Waals surface area (Å²) in [6, 6.07) is 12.8. The van der Waals surface area contributed by atoms with Crippen molar-refractivity contribution < 1.29 is 9.53 Å². The number of esters is 1. The Bertz CT molecular complexity index is 1340. The number of para-hydroxylation sites is 1. The van der Waals surface area contributed by atoms with Gasteiger partial charge in [-0.3, -0.25) is 0 Å². The molecule has 6 heteroatoms. The van der Waals surface area contributed by atoms with Crippen molar-refractivity contribution >= 4 is 22.4 Å². The molecule has 6 rings (SSSR count). The zero-order valence-electron chi connectivity index (χ0n) is 18.6. The molecule has 2 aliphatic rings. The molecule has 6 nitrogen and oxygen atoms in total. The van der Waals surface area contributed by atoms with Gasteiger partial charge in [-0.15, -0.1) is 0 Å². The molecule has 32 heavy (non-hydrogen) atoms. The summed E-state index contributed by atoms with van der Waals surface area (Å²) < 4.78 is 9.51. The number of rotatable bonds is 6. The van der Waals surface area contributed by atoms with E-state index in [2.05, 4.69) is 41.1 Å². The molecular weight excluding hydrogens is 400 g/mol. The molecule has 0 bridgehead atoms. The first-order valence-electron chi connectivity index (χ1n) is 11.6. The largest absolute Gasteiger partial charge is 0.462 e. The first kappa shape index (κ1) is 19.6. The smallest absolute Gasteiger partial charge is 0.339 e. The summed E-state index contributed by atoms with van der Waals surface area (Å²) >= 11 is 0. The Morgan fingerprint density at radius 3 is 2.78 bits per heavy atom. The van der Waals surface area contributed by atoms with Crippen LogP contribution in [0.5, 0.6) is 0 Å². The molecule has 4 heterocycles. The van der Waals surface area contributed by atoms with E-state index in [1.54, 1.807) is 6.20 Å². The minimum absolute atomic E-state index is 0.314. The number of aromatic nitrogens is 3. The lowest BCUT2D eigenvalue weighted by molar-refractivity contribution is 0.0525. The Morgan fingerprint density at radius 1 is 1.22 bits per heavy atom. The molecule has 4 aromatic rings. The second kappa shape index (κ2) is 7.48. The molecule has 1 saturated heterocycles. The van der Waals surface area contributed by atoms with Crippen molar-refractivity contribution in [3.8, 4) is 11.4 Å². The molecule has 1 N–H and O–H groups in total. The third-order valence-electron chi connectivity index (χ3n) is 6.94. The Kier molecular flexibility index (Phi) is 4.57. The van der Waals surface area contributed by atoms with Crippen molar-refractivity contribution in [2.45, 2.75) is 39.2 Å². The number of pyridine rings is 1. The number of carbonyl (C=O) groups is 1. The first-order chi connectivity index (χ1) is 15.6. The average molecular weight is 429 g/mol. The maximum atomic E-state index is 12.2. The quantitative estimate of drug-likeness (QED) is 0.458. The van der Waals surface area contributed by atoms with E-state index in [0.29, 0.717) is 18.1 Å². The zero-order chi connectivity index (χ0) is 21.8. The van der Waals surface area contributed by atoms with Crippen LogP contribution in [0, 0.1) is 12.8 Å². The average Bonchev–Trinajstić information content (AvgIpc) is 3.41. The normalized spacial score (nSPS) is 16.6. The third-order valence-corrected chi connectivity index (χ3v) is 6.94. The maximum Gasteiger partial charge on any atom is 0.339 e. The van der Waals surface area contributed by atoms with Gasteiger partial charge in [-0.2, -0.15) is 5.10 Å². The molecule has 1 aromatic carbocycles. The summed E-state index contributed by atoms with van der Waals surface area (Å²) in [5, 5.41) is 9.66. The van der Waals surface area contributed by atoms with E-state index in [-0.39, 0.29) is 5.97 Å². The predicted octanol–water partition coefficient (Wildman–Crippen LogP) is 4.54. The van der Waals surface area contributed by atoms with Crippen molar-refractivity contribution in [1.82, 2.24) is 19.5 Å². The highest BCUT2D eigenvalue weighted by Gasteiger charge is 2.29. The maximum absolute atomic E-state index is 12.2. The van der Waals surface area contributed by atoms with Gasteiger partial charge < -0.3 is 14.6 Å². The number of hydrogen-bond acceptors (Lipinski definition) is 4. The van der Waals surface area contributed by atoms with Crippen LogP contribution < -0.4 is 5.32 Å². The fourth-order valence-corrected chi connectivity index (χ4v) is 4.89. The van der Waals surface area contributed by atoms with E-state index in [1.807, 2.05) is 23.6 Å². The van der Waals surface area contributed by atoms with Crippen LogP contribution in [-0.4, -0.2) is 39.8 Å². The second-order valence-electron chi connectivity index (χ2n) is 9.17. The minimum Gasteiger partial charge on any atom is -0.462 e. The lowest BCUT2D eigenvalue weighted by Crippen LogP contribution is -2.40. The summed E-state index contributed by atoms with van der Waals surface area (Å²) in [5.74, 6) is 1.02. The number of fused-ring (bicyclic) bond motifs is 2. The van der Waals surface area contributed by atoms with Gasteiger partial charge in [0.05, 0.1) is 28.9 Å². The second-order valence-corrected chi connectivity index (χ2v) is 9.17. The number of hydrogen-bond donors (Lipinski definition) is 1. The molecule has 1 aliphatic carbocycles. The van der Waals surface area contributed by atoms with Crippen molar-refractivity contribution in [2.75, 3.05) is 19.7 Å². The van der Waals surface area contributed by atoms with Gasteiger partial charge in [-0.1, -0.05) is 18.2 Å². The number of nitrogens with one attached hydrogen (secondary N) is 1. The van der Waals surface area contributed by atoms with E-state index in [0.717, 1.165) is 42.3 Å². The van der Waals surface area contributed by atoms with Gasteiger partial charge in [0.2, 0.25) is 0 Å². The van der Waals surface area contributed by atoms with Gasteiger partial charge >= 0.3 is 5.97 Å². The summed E-state index contributed by atoms with van der Waals surface area (Å²) in [6.45, 7) is 7.44. The third kappa shape index (κ3) is 3.13. The van der Waals surface area contributed by atoms with E-state index in [4.69, 9.17) is 9.84 Å². The topological polar surface area (TPSA) is 60.6 Å².